The molecule has 0 saturated heterocycles. The van der Waals surface area contributed by atoms with Crippen LogP contribution in [0.2, 0.25) is 0 Å². The lowest BCUT2D eigenvalue weighted by molar-refractivity contribution is -0.139. The van der Waals surface area contributed by atoms with Gasteiger partial charge >= 0.3 is 5.97 Å². The zero-order chi connectivity index (χ0) is 24.4. The first-order chi connectivity index (χ1) is 16.3. The fourth-order valence-corrected chi connectivity index (χ4v) is 4.92. The number of hydrogen-bond donors (Lipinski definition) is 1. The molecule has 2 aromatic carbocycles. The summed E-state index contributed by atoms with van der Waals surface area (Å²) >= 11 is 1.24. The van der Waals surface area contributed by atoms with Gasteiger partial charge in [-0.1, -0.05) is 35.6 Å². The number of benzene rings is 2. The second kappa shape index (κ2) is 9.69. The molecule has 0 fully saturated rings. The van der Waals surface area contributed by atoms with Gasteiger partial charge in [0.1, 0.15) is 11.5 Å². The number of phenolic OH excluding ortho intramolecular Hbond substituents is 1. The van der Waals surface area contributed by atoms with Gasteiger partial charge in [-0.3, -0.25) is 9.36 Å². The summed E-state index contributed by atoms with van der Waals surface area (Å²) in [6, 6.07) is 13.3. The number of thiazole rings is 1. The smallest absolute Gasteiger partial charge is 0.338 e. The summed E-state index contributed by atoms with van der Waals surface area (Å²) in [5, 5.41) is 9.78. The highest BCUT2D eigenvalue weighted by Crippen LogP contribution is 2.31. The normalized spacial score (nSPS) is 15.8. The van der Waals surface area contributed by atoms with Gasteiger partial charge in [0, 0.05) is 0 Å². The number of nitrogens with zero attached hydrogens (tertiary/aromatic N) is 2. The highest BCUT2D eigenvalue weighted by atomic mass is 32.1. The van der Waals surface area contributed by atoms with Gasteiger partial charge in [-0.2, -0.15) is 0 Å². The van der Waals surface area contributed by atoms with Crippen molar-refractivity contribution in [3.05, 3.63) is 90.6 Å². The number of allylic oxidation sites excluding steroid dienone is 1. The lowest BCUT2D eigenvalue weighted by atomic mass is 9.96. The third-order valence-corrected chi connectivity index (χ3v) is 6.24. The Morgan fingerprint density at radius 1 is 1.24 bits per heavy atom. The number of carbonyl (C=O) groups excluding carboxylic acids is 1. The van der Waals surface area contributed by atoms with E-state index in [0.717, 1.165) is 5.56 Å². The molecule has 0 saturated carbocycles. The lowest BCUT2D eigenvalue weighted by Gasteiger charge is -2.25. The molecule has 0 aliphatic carbocycles. The van der Waals surface area contributed by atoms with E-state index in [4.69, 9.17) is 9.47 Å². The van der Waals surface area contributed by atoms with E-state index in [9.17, 15) is 14.7 Å². The van der Waals surface area contributed by atoms with E-state index in [2.05, 4.69) is 4.99 Å². The zero-order valence-corrected chi connectivity index (χ0v) is 20.3. The first-order valence-corrected chi connectivity index (χ1v) is 11.9. The van der Waals surface area contributed by atoms with Crippen molar-refractivity contribution in [1.82, 2.24) is 4.57 Å². The third kappa shape index (κ3) is 4.68. The van der Waals surface area contributed by atoms with Gasteiger partial charge in [-0.05, 0) is 69.2 Å². The molecule has 1 aliphatic heterocycles. The number of aromatic hydroxyl groups is 1. The minimum Gasteiger partial charge on any atom is -0.508 e. The van der Waals surface area contributed by atoms with Crippen LogP contribution in [0.25, 0.3) is 6.08 Å². The Balaban J connectivity index is 1.90. The minimum atomic E-state index is -0.685. The maximum atomic E-state index is 13.6. The maximum absolute atomic E-state index is 13.6. The van der Waals surface area contributed by atoms with E-state index in [1.54, 1.807) is 44.2 Å². The van der Waals surface area contributed by atoms with Crippen LogP contribution in [0.15, 0.2) is 69.6 Å². The molecule has 34 heavy (non-hydrogen) atoms. The second-order valence-electron chi connectivity index (χ2n) is 8.13. The van der Waals surface area contributed by atoms with Crippen molar-refractivity contribution >= 4 is 23.4 Å². The number of fused-ring (bicyclic) bond motifs is 1. The Morgan fingerprint density at radius 3 is 2.62 bits per heavy atom. The molecular formula is C26H26N2O5S. The number of carbonyl (C=O) groups is 1. The van der Waals surface area contributed by atoms with Crippen molar-refractivity contribution in [3.63, 3.8) is 0 Å². The van der Waals surface area contributed by atoms with Crippen LogP contribution in [0, 0.1) is 0 Å². The number of rotatable bonds is 6. The standard InChI is InChI=1S/C26H26N2O5S/c1-5-32-25(31)22-16(4)27-26-28(23(22)18-9-11-20(12-10-18)33-15(2)3)24(30)21(34-26)14-17-7-6-8-19(29)13-17/h6-15,23,29H,5H2,1-4H3/t23-/m1/s1. The van der Waals surface area contributed by atoms with Gasteiger partial charge < -0.3 is 14.6 Å². The van der Waals surface area contributed by atoms with Crippen LogP contribution in [0.3, 0.4) is 0 Å². The third-order valence-electron chi connectivity index (χ3n) is 5.25. The van der Waals surface area contributed by atoms with Crippen molar-refractivity contribution < 1.29 is 19.4 Å². The summed E-state index contributed by atoms with van der Waals surface area (Å²) in [6.45, 7) is 7.60. The molecule has 0 radical (unpaired) electrons. The van der Waals surface area contributed by atoms with Gasteiger partial charge in [0.2, 0.25) is 0 Å². The monoisotopic (exact) mass is 478 g/mol. The van der Waals surface area contributed by atoms with Crippen LogP contribution in [0.4, 0.5) is 0 Å². The van der Waals surface area contributed by atoms with E-state index in [-0.39, 0.29) is 24.0 Å². The van der Waals surface area contributed by atoms with Crippen LogP contribution in [-0.4, -0.2) is 28.4 Å². The van der Waals surface area contributed by atoms with Crippen molar-refractivity contribution in [2.24, 2.45) is 4.99 Å². The topological polar surface area (TPSA) is 90.1 Å². The van der Waals surface area contributed by atoms with Crippen LogP contribution >= 0.6 is 11.3 Å². The van der Waals surface area contributed by atoms with Crippen LogP contribution in [0.1, 0.15) is 44.9 Å². The van der Waals surface area contributed by atoms with Gasteiger partial charge in [0.25, 0.3) is 5.56 Å². The quantitative estimate of drug-likeness (QED) is 0.549. The zero-order valence-electron chi connectivity index (χ0n) is 19.4. The lowest BCUT2D eigenvalue weighted by Crippen LogP contribution is -2.39. The summed E-state index contributed by atoms with van der Waals surface area (Å²) in [5.74, 6) is 0.315. The molecule has 0 spiro atoms. The average molecular weight is 479 g/mol. The fraction of sp³-hybridized carbons (Fsp3) is 0.269. The Labute approximate surface area is 200 Å². The van der Waals surface area contributed by atoms with Gasteiger partial charge in [-0.15, -0.1) is 0 Å². The molecular weight excluding hydrogens is 452 g/mol. The first kappa shape index (κ1) is 23.5. The Bertz CT molecular complexity index is 1430. The van der Waals surface area contributed by atoms with E-state index < -0.39 is 12.0 Å². The summed E-state index contributed by atoms with van der Waals surface area (Å²) in [7, 11) is 0. The van der Waals surface area contributed by atoms with Crippen molar-refractivity contribution in [1.29, 1.82) is 0 Å². The molecule has 1 atom stereocenters. The molecule has 0 unspecified atom stereocenters. The van der Waals surface area contributed by atoms with Crippen molar-refractivity contribution in [3.8, 4) is 11.5 Å². The maximum Gasteiger partial charge on any atom is 0.338 e. The average Bonchev–Trinajstić information content (AvgIpc) is 3.07. The molecule has 0 amide bonds. The van der Waals surface area contributed by atoms with Crippen LogP contribution in [-0.2, 0) is 9.53 Å². The van der Waals surface area contributed by atoms with Gasteiger partial charge in [0.05, 0.1) is 34.6 Å². The van der Waals surface area contributed by atoms with Crippen molar-refractivity contribution in [2.75, 3.05) is 6.61 Å². The predicted molar refractivity (Wildman–Crippen MR) is 131 cm³/mol. The van der Waals surface area contributed by atoms with Gasteiger partial charge in [0.15, 0.2) is 4.80 Å². The number of phenols is 1. The second-order valence-corrected chi connectivity index (χ2v) is 9.14. The molecule has 176 valence electrons. The van der Waals surface area contributed by atoms with Crippen molar-refractivity contribution in [2.45, 2.75) is 39.8 Å². The SMILES string of the molecule is CCOC(=O)C1=C(C)N=c2sc(=Cc3cccc(O)c3)c(=O)n2[C@@H]1c1ccc(OC(C)C)cc1. The van der Waals surface area contributed by atoms with Gasteiger partial charge in [-0.25, -0.2) is 9.79 Å². The molecule has 7 nitrogen and oxygen atoms in total. The Kier molecular flexibility index (Phi) is 6.70. The Hall–Kier alpha value is -3.65. The number of aromatic nitrogens is 1. The molecule has 2 heterocycles. The summed E-state index contributed by atoms with van der Waals surface area (Å²) in [4.78, 5) is 31.6. The molecule has 0 bridgehead atoms. The molecule has 8 heteroatoms. The predicted octanol–water partition coefficient (Wildman–Crippen LogP) is 3.29. The number of ether oxygens (including phenoxy) is 2. The van der Waals surface area contributed by atoms with E-state index in [0.29, 0.717) is 31.9 Å². The molecule has 1 N–H and O–H groups in total. The van der Waals surface area contributed by atoms with Crippen LogP contribution < -0.4 is 19.6 Å². The molecule has 3 aromatic rings. The highest BCUT2D eigenvalue weighted by Gasteiger charge is 2.33. The van der Waals surface area contributed by atoms with Crippen LogP contribution in [0.5, 0.6) is 11.5 Å². The molecule has 4 rings (SSSR count). The number of hydrogen-bond acceptors (Lipinski definition) is 7. The molecule has 1 aromatic heterocycles. The summed E-state index contributed by atoms with van der Waals surface area (Å²) < 4.78 is 13.1. The minimum absolute atomic E-state index is 0.0261. The highest BCUT2D eigenvalue weighted by molar-refractivity contribution is 7.07. The largest absolute Gasteiger partial charge is 0.508 e. The number of esters is 1. The van der Waals surface area contributed by atoms with E-state index in [1.165, 1.54) is 15.9 Å². The molecule has 1 aliphatic rings. The summed E-state index contributed by atoms with van der Waals surface area (Å²) in [6.07, 6.45) is 1.74. The Morgan fingerprint density at radius 2 is 1.97 bits per heavy atom. The summed E-state index contributed by atoms with van der Waals surface area (Å²) in [5.41, 5.74) is 2.01. The van der Waals surface area contributed by atoms with E-state index >= 15 is 0 Å². The first-order valence-electron chi connectivity index (χ1n) is 11.0. The van der Waals surface area contributed by atoms with E-state index in [1.807, 2.05) is 38.1 Å². The fourth-order valence-electron chi connectivity index (χ4n) is 3.87.